The first-order chi connectivity index (χ1) is 9.73. The van der Waals surface area contributed by atoms with Crippen LogP contribution in [0.15, 0.2) is 0 Å². The first kappa shape index (κ1) is 14.8. The van der Waals surface area contributed by atoms with Crippen molar-refractivity contribution in [2.24, 2.45) is 11.8 Å². The van der Waals surface area contributed by atoms with E-state index in [4.69, 9.17) is 0 Å². The number of piperazine rings is 1. The number of unbranched alkanes of at least 4 members (excludes halogenated alkanes) is 1. The van der Waals surface area contributed by atoms with Crippen molar-refractivity contribution in [1.29, 1.82) is 0 Å². The van der Waals surface area contributed by atoms with Gasteiger partial charge in [-0.05, 0) is 57.4 Å². The van der Waals surface area contributed by atoms with Crippen LogP contribution in [0.4, 0.5) is 0 Å². The lowest BCUT2D eigenvalue weighted by Gasteiger charge is -2.50. The van der Waals surface area contributed by atoms with E-state index in [-0.39, 0.29) is 0 Å². The molecule has 1 N–H and O–H groups in total. The Balaban J connectivity index is 1.65. The van der Waals surface area contributed by atoms with Crippen LogP contribution >= 0.6 is 0 Å². The fourth-order valence-corrected chi connectivity index (χ4v) is 4.65. The summed E-state index contributed by atoms with van der Waals surface area (Å²) in [6, 6.07) is 0.827. The molecule has 3 aliphatic rings. The summed E-state index contributed by atoms with van der Waals surface area (Å²) in [5.41, 5.74) is 0.416. The van der Waals surface area contributed by atoms with Crippen LogP contribution in [0.1, 0.15) is 71.6 Å². The zero-order chi connectivity index (χ0) is 14.0. The Morgan fingerprint density at radius 3 is 2.50 bits per heavy atom. The summed E-state index contributed by atoms with van der Waals surface area (Å²) in [4.78, 5) is 2.88. The summed E-state index contributed by atoms with van der Waals surface area (Å²) in [6.45, 7) is 8.71. The van der Waals surface area contributed by atoms with Gasteiger partial charge in [0, 0.05) is 24.7 Å². The molecule has 0 spiro atoms. The summed E-state index contributed by atoms with van der Waals surface area (Å²) in [5, 5.41) is 3.97. The van der Waals surface area contributed by atoms with Crippen LogP contribution in [-0.4, -0.2) is 36.1 Å². The Hall–Kier alpha value is -0.0800. The highest BCUT2D eigenvalue weighted by Crippen LogP contribution is 2.42. The molecule has 2 aliphatic carbocycles. The van der Waals surface area contributed by atoms with Gasteiger partial charge in [-0.2, -0.15) is 0 Å². The molecule has 20 heavy (non-hydrogen) atoms. The highest BCUT2D eigenvalue weighted by Gasteiger charge is 2.46. The standard InChI is InChI=1S/C18H34N2/c1-3-4-12-20-14-18(2,16-10-11-16)19-13-17(20)15-8-6-5-7-9-15/h15-17,19H,3-14H2,1-2H3. The van der Waals surface area contributed by atoms with E-state index in [0.29, 0.717) is 5.54 Å². The lowest BCUT2D eigenvalue weighted by Crippen LogP contribution is -2.65. The maximum absolute atomic E-state index is 3.97. The van der Waals surface area contributed by atoms with E-state index in [2.05, 4.69) is 24.1 Å². The highest BCUT2D eigenvalue weighted by molar-refractivity contribution is 5.05. The van der Waals surface area contributed by atoms with Crippen molar-refractivity contribution in [1.82, 2.24) is 10.2 Å². The van der Waals surface area contributed by atoms with Crippen LogP contribution in [0, 0.1) is 11.8 Å². The van der Waals surface area contributed by atoms with E-state index < -0.39 is 0 Å². The summed E-state index contributed by atoms with van der Waals surface area (Å²) >= 11 is 0. The molecule has 2 unspecified atom stereocenters. The third-order valence-electron chi connectivity index (χ3n) is 6.19. The highest BCUT2D eigenvalue weighted by atomic mass is 15.3. The Kier molecular flexibility index (Phi) is 4.72. The van der Waals surface area contributed by atoms with Gasteiger partial charge in [0.05, 0.1) is 0 Å². The van der Waals surface area contributed by atoms with Gasteiger partial charge in [-0.25, -0.2) is 0 Å². The van der Waals surface area contributed by atoms with Crippen molar-refractivity contribution in [3.63, 3.8) is 0 Å². The van der Waals surface area contributed by atoms with Crippen LogP contribution in [-0.2, 0) is 0 Å². The van der Waals surface area contributed by atoms with Crippen LogP contribution < -0.4 is 5.32 Å². The SMILES string of the molecule is CCCCN1CC(C)(C2CC2)NCC1C1CCCCC1. The van der Waals surface area contributed by atoms with Crippen molar-refractivity contribution >= 4 is 0 Å². The molecule has 2 atom stereocenters. The molecule has 2 saturated carbocycles. The Morgan fingerprint density at radius 1 is 1.10 bits per heavy atom. The van der Waals surface area contributed by atoms with Crippen molar-refractivity contribution < 1.29 is 0 Å². The topological polar surface area (TPSA) is 15.3 Å². The van der Waals surface area contributed by atoms with Gasteiger partial charge in [0.25, 0.3) is 0 Å². The largest absolute Gasteiger partial charge is 0.308 e. The smallest absolute Gasteiger partial charge is 0.0309 e. The molecule has 0 aromatic rings. The lowest BCUT2D eigenvalue weighted by molar-refractivity contribution is 0.0331. The van der Waals surface area contributed by atoms with E-state index in [9.17, 15) is 0 Å². The van der Waals surface area contributed by atoms with Gasteiger partial charge < -0.3 is 5.32 Å². The Labute approximate surface area is 125 Å². The molecule has 3 fully saturated rings. The molecule has 0 aromatic heterocycles. The van der Waals surface area contributed by atoms with Crippen molar-refractivity contribution in [3.05, 3.63) is 0 Å². The van der Waals surface area contributed by atoms with E-state index in [1.54, 1.807) is 0 Å². The van der Waals surface area contributed by atoms with Gasteiger partial charge in [0.15, 0.2) is 0 Å². The quantitative estimate of drug-likeness (QED) is 0.822. The molecule has 0 amide bonds. The molecule has 1 saturated heterocycles. The molecule has 2 nitrogen and oxygen atoms in total. The Bertz CT molecular complexity index is 307. The van der Waals surface area contributed by atoms with Crippen molar-refractivity contribution in [3.8, 4) is 0 Å². The molecule has 0 radical (unpaired) electrons. The predicted octanol–water partition coefficient (Wildman–Crippen LogP) is 3.81. The van der Waals surface area contributed by atoms with E-state index in [1.165, 1.54) is 77.4 Å². The molecule has 0 bridgehead atoms. The number of hydrogen-bond donors (Lipinski definition) is 1. The zero-order valence-electron chi connectivity index (χ0n) is 13.7. The van der Waals surface area contributed by atoms with Crippen LogP contribution in [0.2, 0.25) is 0 Å². The number of hydrogen-bond acceptors (Lipinski definition) is 2. The van der Waals surface area contributed by atoms with Gasteiger partial charge >= 0.3 is 0 Å². The average molecular weight is 278 g/mol. The molecule has 1 heterocycles. The molecule has 0 aromatic carbocycles. The number of nitrogens with zero attached hydrogens (tertiary/aromatic N) is 1. The van der Waals surface area contributed by atoms with Crippen molar-refractivity contribution in [2.75, 3.05) is 19.6 Å². The van der Waals surface area contributed by atoms with Gasteiger partial charge in [0.2, 0.25) is 0 Å². The number of nitrogens with one attached hydrogen (secondary N) is 1. The van der Waals surface area contributed by atoms with Gasteiger partial charge in [-0.15, -0.1) is 0 Å². The summed E-state index contributed by atoms with van der Waals surface area (Å²) in [7, 11) is 0. The van der Waals surface area contributed by atoms with Gasteiger partial charge in [-0.3, -0.25) is 4.90 Å². The summed E-state index contributed by atoms with van der Waals surface area (Å²) in [6.07, 6.45) is 13.0. The third-order valence-corrected chi connectivity index (χ3v) is 6.19. The van der Waals surface area contributed by atoms with Crippen molar-refractivity contribution in [2.45, 2.75) is 83.2 Å². The fourth-order valence-electron chi connectivity index (χ4n) is 4.65. The second-order valence-corrected chi connectivity index (χ2v) is 7.86. The first-order valence-corrected chi connectivity index (χ1v) is 9.22. The monoisotopic (exact) mass is 278 g/mol. The zero-order valence-corrected chi connectivity index (χ0v) is 13.7. The minimum atomic E-state index is 0.416. The van der Waals surface area contributed by atoms with Gasteiger partial charge in [0.1, 0.15) is 0 Å². The lowest BCUT2D eigenvalue weighted by atomic mass is 9.80. The minimum Gasteiger partial charge on any atom is -0.308 e. The van der Waals surface area contributed by atoms with Crippen LogP contribution in [0.3, 0.4) is 0 Å². The molecular weight excluding hydrogens is 244 g/mol. The average Bonchev–Trinajstić information content (AvgIpc) is 3.31. The molecule has 116 valence electrons. The van der Waals surface area contributed by atoms with E-state index in [1.807, 2.05) is 0 Å². The predicted molar refractivity (Wildman–Crippen MR) is 86.0 cm³/mol. The first-order valence-electron chi connectivity index (χ1n) is 9.22. The maximum Gasteiger partial charge on any atom is 0.0309 e. The van der Waals surface area contributed by atoms with Crippen LogP contribution in [0.25, 0.3) is 0 Å². The Morgan fingerprint density at radius 2 is 1.85 bits per heavy atom. The minimum absolute atomic E-state index is 0.416. The molecular formula is C18H34N2. The van der Waals surface area contributed by atoms with Gasteiger partial charge in [-0.1, -0.05) is 32.6 Å². The maximum atomic E-state index is 3.97. The fraction of sp³-hybridized carbons (Fsp3) is 1.00. The van der Waals surface area contributed by atoms with Crippen LogP contribution in [0.5, 0.6) is 0 Å². The number of rotatable bonds is 5. The summed E-state index contributed by atoms with van der Waals surface area (Å²) in [5.74, 6) is 1.93. The summed E-state index contributed by atoms with van der Waals surface area (Å²) < 4.78 is 0. The molecule has 2 heteroatoms. The second kappa shape index (κ2) is 6.36. The second-order valence-electron chi connectivity index (χ2n) is 7.86. The van der Waals surface area contributed by atoms with E-state index in [0.717, 1.165) is 17.9 Å². The third kappa shape index (κ3) is 3.22. The van der Waals surface area contributed by atoms with E-state index >= 15 is 0 Å². The molecule has 1 aliphatic heterocycles. The normalized spacial score (nSPS) is 37.2. The molecule has 3 rings (SSSR count).